The van der Waals surface area contributed by atoms with Gasteiger partial charge in [0.05, 0.1) is 11.1 Å². The average Bonchev–Trinajstić information content (AvgIpc) is 2.17. The molecule has 1 rings (SSSR count). The summed E-state index contributed by atoms with van der Waals surface area (Å²) < 4.78 is 4.51. The van der Waals surface area contributed by atoms with E-state index in [2.05, 4.69) is 4.74 Å². The Morgan fingerprint density at radius 2 is 1.67 bits per heavy atom. The number of benzene rings is 1. The number of carboxylic acid groups (broad SMARTS) is 1. The summed E-state index contributed by atoms with van der Waals surface area (Å²) in [5.74, 6) is -1.76. The van der Waals surface area contributed by atoms with E-state index < -0.39 is 18.2 Å². The third-order valence-electron chi connectivity index (χ3n) is 1.65. The zero-order valence-corrected chi connectivity index (χ0v) is 8.01. The molecule has 5 heteroatoms. The highest BCUT2D eigenvalue weighted by molar-refractivity contribution is 5.92. The quantitative estimate of drug-likeness (QED) is 0.571. The number of aromatic carboxylic acids is 1. The lowest BCUT2D eigenvalue weighted by Crippen LogP contribution is -2.14. The summed E-state index contributed by atoms with van der Waals surface area (Å²) in [7, 11) is 0. The number of rotatable bonds is 3. The number of hydrogen-bond acceptors (Lipinski definition) is 4. The van der Waals surface area contributed by atoms with Crippen molar-refractivity contribution >= 4 is 11.9 Å². The number of carbonyl (C=O) groups is 2. The van der Waals surface area contributed by atoms with Crippen LogP contribution < -0.4 is 0 Å². The van der Waals surface area contributed by atoms with Crippen LogP contribution in [0.5, 0.6) is 0 Å². The van der Waals surface area contributed by atoms with Crippen LogP contribution in [0.15, 0.2) is 24.3 Å². The van der Waals surface area contributed by atoms with E-state index in [1.807, 2.05) is 0 Å². The van der Waals surface area contributed by atoms with E-state index in [1.54, 1.807) is 0 Å². The van der Waals surface area contributed by atoms with Crippen molar-refractivity contribution in [2.24, 2.45) is 0 Å². The summed E-state index contributed by atoms with van der Waals surface area (Å²) in [6, 6.07) is 5.24. The van der Waals surface area contributed by atoms with Crippen molar-refractivity contribution < 1.29 is 24.5 Å². The van der Waals surface area contributed by atoms with Gasteiger partial charge in [-0.3, -0.25) is 0 Å². The Morgan fingerprint density at radius 3 is 2.07 bits per heavy atom. The molecule has 0 aliphatic heterocycles. The Labute approximate surface area is 85.9 Å². The molecule has 0 aromatic heterocycles. The lowest BCUT2D eigenvalue weighted by molar-refractivity contribution is -0.0523. The molecule has 1 aromatic rings. The van der Waals surface area contributed by atoms with Gasteiger partial charge in [0.2, 0.25) is 0 Å². The van der Waals surface area contributed by atoms with E-state index in [9.17, 15) is 9.59 Å². The van der Waals surface area contributed by atoms with Gasteiger partial charge >= 0.3 is 11.9 Å². The number of aliphatic hydroxyl groups excluding tert-OH is 1. The molecular formula is C10H10O5. The van der Waals surface area contributed by atoms with Crippen molar-refractivity contribution in [2.45, 2.75) is 13.2 Å². The van der Waals surface area contributed by atoms with Gasteiger partial charge in [0.25, 0.3) is 0 Å². The Bertz CT molecular complexity index is 366. The summed E-state index contributed by atoms with van der Waals surface area (Å²) in [5, 5.41) is 17.4. The highest BCUT2D eigenvalue weighted by Crippen LogP contribution is 2.06. The minimum absolute atomic E-state index is 0.0867. The average molecular weight is 210 g/mol. The maximum atomic E-state index is 11.2. The molecule has 0 heterocycles. The topological polar surface area (TPSA) is 83.8 Å². The largest absolute Gasteiger partial charge is 0.478 e. The summed E-state index contributed by atoms with van der Waals surface area (Å²) in [4.78, 5) is 21.7. The molecule has 0 saturated carbocycles. The van der Waals surface area contributed by atoms with Gasteiger partial charge in [0.15, 0.2) is 6.29 Å². The second kappa shape index (κ2) is 4.56. The van der Waals surface area contributed by atoms with E-state index in [4.69, 9.17) is 10.2 Å². The number of carbonyl (C=O) groups excluding carboxylic acids is 1. The van der Waals surface area contributed by atoms with Gasteiger partial charge in [-0.15, -0.1) is 0 Å². The second-order valence-corrected chi connectivity index (χ2v) is 2.89. The Hall–Kier alpha value is -1.88. The molecule has 0 saturated heterocycles. The van der Waals surface area contributed by atoms with E-state index in [1.165, 1.54) is 31.2 Å². The van der Waals surface area contributed by atoms with Crippen molar-refractivity contribution in [3.05, 3.63) is 35.4 Å². The molecular weight excluding hydrogens is 200 g/mol. The minimum Gasteiger partial charge on any atom is -0.478 e. The zero-order chi connectivity index (χ0) is 11.4. The summed E-state index contributed by atoms with van der Waals surface area (Å²) in [6.45, 7) is 1.31. The van der Waals surface area contributed by atoms with Gasteiger partial charge in [-0.05, 0) is 31.2 Å². The Morgan fingerprint density at radius 1 is 1.20 bits per heavy atom. The second-order valence-electron chi connectivity index (χ2n) is 2.89. The van der Waals surface area contributed by atoms with Crippen LogP contribution in [0.2, 0.25) is 0 Å². The fraction of sp³-hybridized carbons (Fsp3) is 0.200. The van der Waals surface area contributed by atoms with Crippen LogP contribution in [-0.2, 0) is 4.74 Å². The smallest absolute Gasteiger partial charge is 0.340 e. The summed E-state index contributed by atoms with van der Waals surface area (Å²) >= 11 is 0. The van der Waals surface area contributed by atoms with Crippen LogP contribution in [0.4, 0.5) is 0 Å². The molecule has 0 amide bonds. The molecule has 0 aliphatic rings. The van der Waals surface area contributed by atoms with Crippen LogP contribution in [0.3, 0.4) is 0 Å². The van der Waals surface area contributed by atoms with Crippen LogP contribution >= 0.6 is 0 Å². The molecule has 0 spiro atoms. The van der Waals surface area contributed by atoms with Crippen molar-refractivity contribution in [3.63, 3.8) is 0 Å². The summed E-state index contributed by atoms with van der Waals surface area (Å²) in [6.07, 6.45) is -1.18. The fourth-order valence-corrected chi connectivity index (χ4v) is 0.972. The maximum Gasteiger partial charge on any atom is 0.340 e. The fourth-order valence-electron chi connectivity index (χ4n) is 0.972. The third-order valence-corrected chi connectivity index (χ3v) is 1.65. The molecule has 80 valence electrons. The molecule has 0 radical (unpaired) electrons. The molecule has 0 fully saturated rings. The monoisotopic (exact) mass is 210 g/mol. The number of esters is 1. The van der Waals surface area contributed by atoms with Crippen LogP contribution in [0, 0.1) is 0 Å². The third kappa shape index (κ3) is 3.07. The van der Waals surface area contributed by atoms with Crippen LogP contribution in [0.25, 0.3) is 0 Å². The predicted molar refractivity (Wildman–Crippen MR) is 50.5 cm³/mol. The highest BCUT2D eigenvalue weighted by atomic mass is 16.6. The first-order chi connectivity index (χ1) is 7.00. The number of hydrogen-bond donors (Lipinski definition) is 2. The standard InChI is InChI=1S/C10H10O5/c1-6(11)15-10(14)8-4-2-7(3-5-8)9(12)13/h2-6,11H,1H3,(H,12,13). The van der Waals surface area contributed by atoms with E-state index in [-0.39, 0.29) is 11.1 Å². The Balaban J connectivity index is 2.80. The van der Waals surface area contributed by atoms with E-state index in [0.717, 1.165) is 0 Å². The predicted octanol–water partition coefficient (Wildman–Crippen LogP) is 0.880. The summed E-state index contributed by atoms with van der Waals surface area (Å²) in [5.41, 5.74) is 0.282. The van der Waals surface area contributed by atoms with Crippen molar-refractivity contribution in [1.82, 2.24) is 0 Å². The molecule has 1 aromatic carbocycles. The highest BCUT2D eigenvalue weighted by Gasteiger charge is 2.10. The molecule has 2 N–H and O–H groups in total. The minimum atomic E-state index is -1.18. The Kier molecular flexibility index (Phi) is 3.41. The van der Waals surface area contributed by atoms with E-state index in [0.29, 0.717) is 0 Å². The van der Waals surface area contributed by atoms with Crippen LogP contribution in [0.1, 0.15) is 27.6 Å². The number of ether oxygens (including phenoxy) is 1. The molecule has 1 unspecified atom stereocenters. The normalized spacial score (nSPS) is 11.9. The molecule has 5 nitrogen and oxygen atoms in total. The zero-order valence-electron chi connectivity index (χ0n) is 8.01. The van der Waals surface area contributed by atoms with Gasteiger partial charge in [0, 0.05) is 0 Å². The van der Waals surface area contributed by atoms with Crippen molar-refractivity contribution in [3.8, 4) is 0 Å². The van der Waals surface area contributed by atoms with Crippen LogP contribution in [-0.4, -0.2) is 28.4 Å². The van der Waals surface area contributed by atoms with E-state index >= 15 is 0 Å². The molecule has 1 atom stereocenters. The molecule has 0 bridgehead atoms. The van der Waals surface area contributed by atoms with Crippen molar-refractivity contribution in [1.29, 1.82) is 0 Å². The van der Waals surface area contributed by atoms with Crippen molar-refractivity contribution in [2.75, 3.05) is 0 Å². The van der Waals surface area contributed by atoms with Gasteiger partial charge in [-0.25, -0.2) is 9.59 Å². The lowest BCUT2D eigenvalue weighted by atomic mass is 10.1. The molecule has 15 heavy (non-hydrogen) atoms. The van der Waals surface area contributed by atoms with Gasteiger partial charge in [-0.1, -0.05) is 0 Å². The number of carboxylic acids is 1. The first-order valence-electron chi connectivity index (χ1n) is 4.23. The van der Waals surface area contributed by atoms with Gasteiger partial charge in [-0.2, -0.15) is 0 Å². The number of aliphatic hydroxyl groups is 1. The molecule has 0 aliphatic carbocycles. The van der Waals surface area contributed by atoms with Gasteiger partial charge < -0.3 is 14.9 Å². The first kappa shape index (κ1) is 11.2. The lowest BCUT2D eigenvalue weighted by Gasteiger charge is -2.06. The SMILES string of the molecule is CC(O)OC(=O)c1ccc(C(=O)O)cc1. The first-order valence-corrected chi connectivity index (χ1v) is 4.23. The van der Waals surface area contributed by atoms with Gasteiger partial charge in [0.1, 0.15) is 0 Å². The maximum absolute atomic E-state index is 11.2.